The summed E-state index contributed by atoms with van der Waals surface area (Å²) < 4.78 is 43.6. The molecular weight excluding hydrogens is 410 g/mol. The Kier molecular flexibility index (Phi) is 7.75. The molecule has 1 aliphatic heterocycles. The normalized spacial score (nSPS) is 16.4. The van der Waals surface area contributed by atoms with Gasteiger partial charge in [0.15, 0.2) is 0 Å². The SMILES string of the molecule is COCCOc1ncccc1NC(=O)c1cccc(S(=O)(=O)NCC2CCCO2)c1. The van der Waals surface area contributed by atoms with Gasteiger partial charge in [-0.05, 0) is 43.2 Å². The van der Waals surface area contributed by atoms with Crippen LogP contribution >= 0.6 is 0 Å². The van der Waals surface area contributed by atoms with Crippen LogP contribution < -0.4 is 14.8 Å². The highest BCUT2D eigenvalue weighted by Crippen LogP contribution is 2.22. The minimum Gasteiger partial charge on any atom is -0.474 e. The van der Waals surface area contributed by atoms with Crippen molar-refractivity contribution in [3.63, 3.8) is 0 Å². The van der Waals surface area contributed by atoms with Gasteiger partial charge in [-0.2, -0.15) is 0 Å². The lowest BCUT2D eigenvalue weighted by Gasteiger charge is -2.13. The van der Waals surface area contributed by atoms with Gasteiger partial charge < -0.3 is 19.5 Å². The lowest BCUT2D eigenvalue weighted by atomic mass is 10.2. The molecule has 1 aromatic heterocycles. The van der Waals surface area contributed by atoms with E-state index in [2.05, 4.69) is 15.0 Å². The molecule has 0 spiro atoms. The smallest absolute Gasteiger partial charge is 0.255 e. The maximum absolute atomic E-state index is 12.7. The molecule has 0 bridgehead atoms. The van der Waals surface area contributed by atoms with E-state index >= 15 is 0 Å². The number of aromatic nitrogens is 1. The Bertz CT molecular complexity index is 961. The molecule has 2 aromatic rings. The molecule has 1 aromatic carbocycles. The van der Waals surface area contributed by atoms with Crippen molar-refractivity contribution < 1.29 is 27.4 Å². The number of amides is 1. The number of hydrogen-bond donors (Lipinski definition) is 2. The maximum atomic E-state index is 12.7. The van der Waals surface area contributed by atoms with Crippen LogP contribution in [0.25, 0.3) is 0 Å². The van der Waals surface area contributed by atoms with E-state index in [1.165, 1.54) is 24.3 Å². The van der Waals surface area contributed by atoms with Crippen molar-refractivity contribution in [3.8, 4) is 5.88 Å². The van der Waals surface area contributed by atoms with Crippen molar-refractivity contribution in [1.82, 2.24) is 9.71 Å². The molecule has 30 heavy (non-hydrogen) atoms. The summed E-state index contributed by atoms with van der Waals surface area (Å²) in [5, 5.41) is 2.71. The van der Waals surface area contributed by atoms with Gasteiger partial charge in [0.1, 0.15) is 12.3 Å². The molecule has 0 aliphatic carbocycles. The van der Waals surface area contributed by atoms with Gasteiger partial charge in [-0.15, -0.1) is 0 Å². The first-order valence-corrected chi connectivity index (χ1v) is 11.1. The third kappa shape index (κ3) is 5.99. The van der Waals surface area contributed by atoms with E-state index in [-0.39, 0.29) is 35.6 Å². The average molecular weight is 436 g/mol. The summed E-state index contributed by atoms with van der Waals surface area (Å²) in [7, 11) is -2.20. The van der Waals surface area contributed by atoms with Crippen molar-refractivity contribution in [2.24, 2.45) is 0 Å². The summed E-state index contributed by atoms with van der Waals surface area (Å²) in [5.41, 5.74) is 0.574. The molecule has 162 valence electrons. The zero-order valence-corrected chi connectivity index (χ0v) is 17.5. The number of methoxy groups -OCH3 is 1. The monoisotopic (exact) mass is 435 g/mol. The Balaban J connectivity index is 1.69. The van der Waals surface area contributed by atoms with Crippen molar-refractivity contribution in [2.45, 2.75) is 23.8 Å². The first-order valence-electron chi connectivity index (χ1n) is 9.59. The molecule has 2 N–H and O–H groups in total. The summed E-state index contributed by atoms with van der Waals surface area (Å²) in [4.78, 5) is 16.8. The van der Waals surface area contributed by atoms with Crippen LogP contribution in [0.2, 0.25) is 0 Å². The fourth-order valence-electron chi connectivity index (χ4n) is 2.91. The Morgan fingerprint density at radius 1 is 1.27 bits per heavy atom. The van der Waals surface area contributed by atoms with Gasteiger partial charge in [-0.3, -0.25) is 4.79 Å². The molecule has 0 radical (unpaired) electrons. The Morgan fingerprint density at radius 3 is 2.90 bits per heavy atom. The summed E-state index contributed by atoms with van der Waals surface area (Å²) >= 11 is 0. The first kappa shape index (κ1) is 22.2. The van der Waals surface area contributed by atoms with Gasteiger partial charge >= 0.3 is 0 Å². The molecule has 1 atom stereocenters. The number of ether oxygens (including phenoxy) is 3. The van der Waals surface area contributed by atoms with Crippen molar-refractivity contribution in [1.29, 1.82) is 0 Å². The fraction of sp³-hybridized carbons (Fsp3) is 0.400. The van der Waals surface area contributed by atoms with Crippen LogP contribution in [-0.2, 0) is 19.5 Å². The molecule has 1 unspecified atom stereocenters. The summed E-state index contributed by atoms with van der Waals surface area (Å²) in [6.07, 6.45) is 3.18. The molecule has 9 nitrogen and oxygen atoms in total. The molecule has 3 rings (SSSR count). The minimum atomic E-state index is -3.76. The van der Waals surface area contributed by atoms with Crippen LogP contribution in [0.15, 0.2) is 47.5 Å². The fourth-order valence-corrected chi connectivity index (χ4v) is 4.02. The van der Waals surface area contributed by atoms with Crippen molar-refractivity contribution in [3.05, 3.63) is 48.2 Å². The van der Waals surface area contributed by atoms with Crippen LogP contribution in [0.3, 0.4) is 0 Å². The Morgan fingerprint density at radius 2 is 2.13 bits per heavy atom. The van der Waals surface area contributed by atoms with Crippen LogP contribution in [0.4, 0.5) is 5.69 Å². The topological polar surface area (TPSA) is 116 Å². The predicted molar refractivity (Wildman–Crippen MR) is 110 cm³/mol. The van der Waals surface area contributed by atoms with Gasteiger partial charge in [-0.25, -0.2) is 18.1 Å². The highest BCUT2D eigenvalue weighted by Gasteiger charge is 2.21. The van der Waals surface area contributed by atoms with Gasteiger partial charge in [0, 0.05) is 32.0 Å². The molecule has 1 saturated heterocycles. The molecule has 10 heteroatoms. The third-order valence-corrected chi connectivity index (χ3v) is 5.90. The second kappa shape index (κ2) is 10.5. The summed E-state index contributed by atoms with van der Waals surface area (Å²) in [5.74, 6) is -0.222. The lowest BCUT2D eigenvalue weighted by molar-refractivity contribution is 0.102. The number of sulfonamides is 1. The van der Waals surface area contributed by atoms with E-state index < -0.39 is 15.9 Å². The number of anilines is 1. The summed E-state index contributed by atoms with van der Waals surface area (Å²) in [6.45, 7) is 1.51. The molecule has 1 fully saturated rings. The molecular formula is C20H25N3O6S. The number of nitrogens with zero attached hydrogens (tertiary/aromatic N) is 1. The van der Waals surface area contributed by atoms with Gasteiger partial charge in [0.05, 0.1) is 17.6 Å². The third-order valence-electron chi connectivity index (χ3n) is 4.48. The molecule has 2 heterocycles. The van der Waals surface area contributed by atoms with E-state index in [0.29, 0.717) is 18.9 Å². The standard InChI is InChI=1S/C20H25N3O6S/c1-27-11-12-29-20-18(8-3-9-21-20)23-19(24)15-5-2-7-17(13-15)30(25,26)22-14-16-6-4-10-28-16/h2-3,5,7-9,13,16,22H,4,6,10-12,14H2,1H3,(H,23,24). The lowest BCUT2D eigenvalue weighted by Crippen LogP contribution is -2.32. The first-order chi connectivity index (χ1) is 14.5. The molecule has 0 saturated carbocycles. The quantitative estimate of drug-likeness (QED) is 0.547. The minimum absolute atomic E-state index is 0.0101. The Labute approximate surface area is 175 Å². The predicted octanol–water partition coefficient (Wildman–Crippen LogP) is 1.82. The van der Waals surface area contributed by atoms with Crippen LogP contribution in [-0.4, -0.2) is 58.9 Å². The maximum Gasteiger partial charge on any atom is 0.255 e. The highest BCUT2D eigenvalue weighted by atomic mass is 32.2. The van der Waals surface area contributed by atoms with Crippen LogP contribution in [0.5, 0.6) is 5.88 Å². The van der Waals surface area contributed by atoms with Gasteiger partial charge in [0.2, 0.25) is 15.9 Å². The number of carbonyl (C=O) groups excluding carboxylic acids is 1. The van der Waals surface area contributed by atoms with Gasteiger partial charge in [-0.1, -0.05) is 6.07 Å². The van der Waals surface area contributed by atoms with Crippen LogP contribution in [0.1, 0.15) is 23.2 Å². The molecule has 1 aliphatic rings. The molecule has 1 amide bonds. The zero-order valence-electron chi connectivity index (χ0n) is 16.7. The number of pyridine rings is 1. The van der Waals surface area contributed by atoms with E-state index in [1.807, 2.05) is 0 Å². The Hall–Kier alpha value is -2.53. The average Bonchev–Trinajstić information content (AvgIpc) is 3.28. The second-order valence-corrected chi connectivity index (χ2v) is 8.43. The summed E-state index contributed by atoms with van der Waals surface area (Å²) in [6, 6.07) is 9.14. The van der Waals surface area contributed by atoms with Crippen molar-refractivity contribution >= 4 is 21.6 Å². The second-order valence-electron chi connectivity index (χ2n) is 6.67. The van der Waals surface area contributed by atoms with E-state index in [1.54, 1.807) is 25.4 Å². The van der Waals surface area contributed by atoms with Crippen molar-refractivity contribution in [2.75, 3.05) is 38.8 Å². The number of hydrogen-bond acceptors (Lipinski definition) is 7. The van der Waals surface area contributed by atoms with E-state index in [0.717, 1.165) is 12.8 Å². The zero-order chi connectivity index (χ0) is 21.4. The van der Waals surface area contributed by atoms with Gasteiger partial charge in [0.25, 0.3) is 5.91 Å². The van der Waals surface area contributed by atoms with Crippen LogP contribution in [0, 0.1) is 0 Å². The number of nitrogens with one attached hydrogen (secondary N) is 2. The largest absolute Gasteiger partial charge is 0.474 e. The number of benzene rings is 1. The number of carbonyl (C=O) groups is 1. The van der Waals surface area contributed by atoms with E-state index in [9.17, 15) is 13.2 Å². The van der Waals surface area contributed by atoms with E-state index in [4.69, 9.17) is 14.2 Å². The highest BCUT2D eigenvalue weighted by molar-refractivity contribution is 7.89. The number of rotatable bonds is 10.